The number of halogens is 4. The van der Waals surface area contributed by atoms with Crippen LogP contribution in [0.25, 0.3) is 0 Å². The normalized spacial score (nSPS) is 21.8. The van der Waals surface area contributed by atoms with Crippen LogP contribution in [-0.4, -0.2) is 37.1 Å². The van der Waals surface area contributed by atoms with E-state index in [1.807, 2.05) is 0 Å². The summed E-state index contributed by atoms with van der Waals surface area (Å²) in [5.74, 6) is 0.843. The van der Waals surface area contributed by atoms with E-state index in [0.29, 0.717) is 56.2 Å². The van der Waals surface area contributed by atoms with Gasteiger partial charge >= 0.3 is 0 Å². The van der Waals surface area contributed by atoms with Crippen molar-refractivity contribution in [3.63, 3.8) is 0 Å². The summed E-state index contributed by atoms with van der Waals surface area (Å²) in [6.07, 6.45) is 0. The van der Waals surface area contributed by atoms with Gasteiger partial charge in [0.1, 0.15) is 25.3 Å². The van der Waals surface area contributed by atoms with E-state index in [2.05, 4.69) is 9.98 Å². The van der Waals surface area contributed by atoms with Crippen molar-refractivity contribution in [2.45, 2.75) is 12.1 Å². The lowest BCUT2D eigenvalue weighted by Gasteiger charge is -2.07. The minimum atomic E-state index is -0.198. The van der Waals surface area contributed by atoms with Crippen molar-refractivity contribution in [3.8, 4) is 0 Å². The first-order valence-electron chi connectivity index (χ1n) is 7.84. The maximum atomic E-state index is 6.23. The Hall–Kier alpha value is -1.46. The number of rotatable bonds is 3. The molecule has 8 heteroatoms. The molecule has 2 aliphatic heterocycles. The molecule has 2 aliphatic rings. The zero-order valence-electron chi connectivity index (χ0n) is 13.3. The smallest absolute Gasteiger partial charge is 0.219 e. The van der Waals surface area contributed by atoms with Gasteiger partial charge in [-0.25, -0.2) is 9.98 Å². The average Bonchev–Trinajstić information content (AvgIpc) is 3.24. The average molecular weight is 430 g/mol. The van der Waals surface area contributed by atoms with Crippen LogP contribution >= 0.6 is 46.4 Å². The van der Waals surface area contributed by atoms with Crippen LogP contribution in [0.5, 0.6) is 0 Å². The lowest BCUT2D eigenvalue weighted by atomic mass is 10.1. The van der Waals surface area contributed by atoms with Crippen LogP contribution in [0.4, 0.5) is 0 Å². The number of ether oxygens (including phenoxy) is 2. The molecule has 2 aromatic rings. The minimum absolute atomic E-state index is 0.198. The van der Waals surface area contributed by atoms with Crippen molar-refractivity contribution in [1.82, 2.24) is 0 Å². The highest BCUT2D eigenvalue weighted by molar-refractivity contribution is 6.40. The van der Waals surface area contributed by atoms with E-state index in [1.54, 1.807) is 36.4 Å². The van der Waals surface area contributed by atoms with Crippen LogP contribution < -0.4 is 0 Å². The van der Waals surface area contributed by atoms with Gasteiger partial charge in [0.05, 0.1) is 31.2 Å². The molecule has 2 aromatic carbocycles. The highest BCUT2D eigenvalue weighted by Gasteiger charge is 2.34. The molecule has 0 aliphatic carbocycles. The third kappa shape index (κ3) is 3.27. The zero-order chi connectivity index (χ0) is 18.3. The molecule has 0 saturated carbocycles. The molecule has 4 rings (SSSR count). The van der Waals surface area contributed by atoms with Crippen molar-refractivity contribution < 1.29 is 9.47 Å². The number of aliphatic imine (C=N–C) groups is 2. The maximum Gasteiger partial charge on any atom is 0.219 e. The molecule has 0 radical (unpaired) electrons. The number of hydrogen-bond donors (Lipinski definition) is 0. The summed E-state index contributed by atoms with van der Waals surface area (Å²) in [5.41, 5.74) is 1.19. The second-order valence-electron chi connectivity index (χ2n) is 5.82. The summed E-state index contributed by atoms with van der Waals surface area (Å²) in [7, 11) is 0. The van der Waals surface area contributed by atoms with E-state index in [9.17, 15) is 0 Å². The Balaban J connectivity index is 1.60. The van der Waals surface area contributed by atoms with Gasteiger partial charge in [-0.15, -0.1) is 0 Å². The Bertz CT molecular complexity index is 813. The topological polar surface area (TPSA) is 43.2 Å². The molecule has 0 spiro atoms. The van der Waals surface area contributed by atoms with Crippen molar-refractivity contribution in [3.05, 3.63) is 67.6 Å². The van der Waals surface area contributed by atoms with E-state index in [0.717, 1.165) is 0 Å². The van der Waals surface area contributed by atoms with Crippen molar-refractivity contribution in [2.24, 2.45) is 9.98 Å². The Morgan fingerprint density at radius 3 is 1.35 bits per heavy atom. The second-order valence-corrected chi connectivity index (χ2v) is 7.45. The van der Waals surface area contributed by atoms with Crippen LogP contribution in [-0.2, 0) is 9.47 Å². The summed E-state index contributed by atoms with van der Waals surface area (Å²) in [6, 6.07) is 10.1. The Kier molecular flexibility index (Phi) is 5.02. The molecular formula is C18H12Cl4N2O2. The van der Waals surface area contributed by atoms with Gasteiger partial charge in [0.2, 0.25) is 11.8 Å². The van der Waals surface area contributed by atoms with Gasteiger partial charge in [0.15, 0.2) is 0 Å². The summed E-state index contributed by atoms with van der Waals surface area (Å²) >= 11 is 24.9. The van der Waals surface area contributed by atoms with Crippen LogP contribution in [0, 0.1) is 0 Å². The molecular weight excluding hydrogens is 418 g/mol. The molecule has 4 nitrogen and oxygen atoms in total. The SMILES string of the molecule is Clc1cccc(Cl)c1C1=NC(C2COC(c3c(Cl)cccc3Cl)=N2)CO1. The van der Waals surface area contributed by atoms with Gasteiger partial charge in [0, 0.05) is 0 Å². The van der Waals surface area contributed by atoms with Gasteiger partial charge in [-0.2, -0.15) is 0 Å². The molecule has 0 N–H and O–H groups in total. The number of hydrogen-bond acceptors (Lipinski definition) is 4. The quantitative estimate of drug-likeness (QED) is 0.665. The van der Waals surface area contributed by atoms with E-state index >= 15 is 0 Å². The Morgan fingerprint density at radius 2 is 1.00 bits per heavy atom. The molecule has 26 heavy (non-hydrogen) atoms. The van der Waals surface area contributed by atoms with Crippen LogP contribution in [0.2, 0.25) is 20.1 Å². The largest absolute Gasteiger partial charge is 0.475 e. The van der Waals surface area contributed by atoms with Gasteiger partial charge in [-0.05, 0) is 24.3 Å². The molecule has 2 atom stereocenters. The third-order valence-corrected chi connectivity index (χ3v) is 5.41. The summed E-state index contributed by atoms with van der Waals surface area (Å²) in [4.78, 5) is 9.21. The molecule has 134 valence electrons. The lowest BCUT2D eigenvalue weighted by Crippen LogP contribution is -2.25. The standard InChI is InChI=1S/C18H12Cl4N2O2/c19-9-3-1-4-10(20)15(9)17-23-13(7-25-17)14-8-26-18(24-14)16-11(21)5-2-6-12(16)22/h1-6,13-14H,7-8H2. The molecule has 2 unspecified atom stereocenters. The first-order chi connectivity index (χ1) is 12.5. The maximum absolute atomic E-state index is 6.23. The Morgan fingerprint density at radius 1 is 0.654 bits per heavy atom. The van der Waals surface area contributed by atoms with Gasteiger partial charge < -0.3 is 9.47 Å². The number of nitrogens with zero attached hydrogens (tertiary/aromatic N) is 2. The van der Waals surface area contributed by atoms with Gasteiger partial charge in [0.25, 0.3) is 0 Å². The van der Waals surface area contributed by atoms with Crippen LogP contribution in [0.15, 0.2) is 46.4 Å². The predicted octanol–water partition coefficient (Wildman–Crippen LogP) is 5.29. The van der Waals surface area contributed by atoms with Crippen molar-refractivity contribution in [1.29, 1.82) is 0 Å². The van der Waals surface area contributed by atoms with E-state index in [4.69, 9.17) is 55.9 Å². The lowest BCUT2D eigenvalue weighted by molar-refractivity contribution is 0.263. The van der Waals surface area contributed by atoms with Crippen LogP contribution in [0.3, 0.4) is 0 Å². The zero-order valence-corrected chi connectivity index (χ0v) is 16.3. The van der Waals surface area contributed by atoms with Gasteiger partial charge in [-0.1, -0.05) is 58.5 Å². The summed E-state index contributed by atoms with van der Waals surface area (Å²) in [5, 5.41) is 1.97. The van der Waals surface area contributed by atoms with E-state index < -0.39 is 0 Å². The minimum Gasteiger partial charge on any atom is -0.475 e. The molecule has 0 fully saturated rings. The first-order valence-corrected chi connectivity index (χ1v) is 9.35. The summed E-state index contributed by atoms with van der Waals surface area (Å²) in [6.45, 7) is 0.746. The molecule has 0 saturated heterocycles. The predicted molar refractivity (Wildman–Crippen MR) is 105 cm³/mol. The Labute approximate surface area is 170 Å². The highest BCUT2D eigenvalue weighted by atomic mass is 35.5. The molecule has 0 aromatic heterocycles. The monoisotopic (exact) mass is 428 g/mol. The fourth-order valence-corrected chi connectivity index (χ4v) is 3.97. The molecule has 0 bridgehead atoms. The third-order valence-electron chi connectivity index (χ3n) is 4.15. The fraction of sp³-hybridized carbons (Fsp3) is 0.222. The first kappa shape index (κ1) is 17.9. The van der Waals surface area contributed by atoms with Crippen molar-refractivity contribution >= 4 is 58.2 Å². The van der Waals surface area contributed by atoms with Crippen molar-refractivity contribution in [2.75, 3.05) is 13.2 Å². The molecule has 0 amide bonds. The van der Waals surface area contributed by atoms with E-state index in [1.165, 1.54) is 0 Å². The number of benzene rings is 2. The van der Waals surface area contributed by atoms with Crippen LogP contribution in [0.1, 0.15) is 11.1 Å². The molecule has 2 heterocycles. The van der Waals surface area contributed by atoms with Gasteiger partial charge in [-0.3, -0.25) is 0 Å². The second kappa shape index (κ2) is 7.28. The highest BCUT2D eigenvalue weighted by Crippen LogP contribution is 2.31. The van der Waals surface area contributed by atoms with E-state index in [-0.39, 0.29) is 12.1 Å². The summed E-state index contributed by atoms with van der Waals surface area (Å²) < 4.78 is 11.4. The fourth-order valence-electron chi connectivity index (χ4n) is 2.85.